The zero-order valence-electron chi connectivity index (χ0n) is 6.61. The first-order valence-corrected chi connectivity index (χ1v) is 5.24. The van der Waals surface area contributed by atoms with Crippen LogP contribution >= 0.6 is 22.6 Å². The number of carboxylic acid groups (broad SMARTS) is 1. The fourth-order valence-electron chi connectivity index (χ4n) is 0.794. The van der Waals surface area contributed by atoms with E-state index in [9.17, 15) is 9.90 Å². The van der Waals surface area contributed by atoms with Gasteiger partial charge in [0.25, 0.3) is 0 Å². The molecule has 0 aromatic carbocycles. The van der Waals surface area contributed by atoms with Gasteiger partial charge < -0.3 is 15.3 Å². The van der Waals surface area contributed by atoms with Gasteiger partial charge in [-0.2, -0.15) is 0 Å². The number of hydrogen-bond donors (Lipinski definition) is 3. The highest BCUT2D eigenvalue weighted by atomic mass is 127. The monoisotopic (exact) mass is 288 g/mol. The van der Waals surface area contributed by atoms with Crippen LogP contribution in [-0.4, -0.2) is 37.9 Å². The Balaban J connectivity index is 3.60. The first kappa shape index (κ1) is 12.1. The number of carbonyl (C=O) groups is 1. The summed E-state index contributed by atoms with van der Waals surface area (Å²) in [5.41, 5.74) is 0. The molecule has 2 unspecified atom stereocenters. The molecule has 0 spiro atoms. The van der Waals surface area contributed by atoms with Gasteiger partial charge in [0.15, 0.2) is 0 Å². The second-order valence-corrected chi connectivity index (χ2v) is 3.64. The molecule has 0 rings (SSSR count). The van der Waals surface area contributed by atoms with Crippen LogP contribution in [-0.2, 0) is 4.79 Å². The minimum absolute atomic E-state index is 0.386. The van der Waals surface area contributed by atoms with Crippen LogP contribution in [0.3, 0.4) is 0 Å². The Bertz CT molecular complexity index is 139. The van der Waals surface area contributed by atoms with Crippen molar-refractivity contribution in [2.24, 2.45) is 0 Å². The van der Waals surface area contributed by atoms with E-state index in [1.165, 1.54) is 0 Å². The van der Waals surface area contributed by atoms with Gasteiger partial charge in [0.05, 0.1) is 18.6 Å². The van der Waals surface area contributed by atoms with E-state index in [0.717, 1.165) is 10.8 Å². The predicted octanol–water partition coefficient (Wildman–Crippen LogP) is 0.398. The molecule has 12 heavy (non-hydrogen) atoms. The molecule has 0 saturated heterocycles. The van der Waals surface area contributed by atoms with Crippen molar-refractivity contribution in [3.63, 3.8) is 0 Å². The number of hydrogen-bond acceptors (Lipinski definition) is 3. The molecule has 0 aromatic heterocycles. The first-order chi connectivity index (χ1) is 5.57. The topological polar surface area (TPSA) is 77.8 Å². The second-order valence-electron chi connectivity index (χ2n) is 2.56. The smallest absolute Gasteiger partial charge is 0.306 e. The summed E-state index contributed by atoms with van der Waals surface area (Å²) >= 11 is 2.16. The molecule has 0 aliphatic heterocycles. The number of carboxylic acids is 1. The van der Waals surface area contributed by atoms with Crippen molar-refractivity contribution in [1.82, 2.24) is 0 Å². The molecule has 3 N–H and O–H groups in total. The lowest BCUT2D eigenvalue weighted by molar-refractivity contribution is -0.141. The summed E-state index contributed by atoms with van der Waals surface area (Å²) in [6.07, 6.45) is -1.18. The van der Waals surface area contributed by atoms with E-state index >= 15 is 0 Å². The Morgan fingerprint density at radius 2 is 1.92 bits per heavy atom. The fourth-order valence-corrected chi connectivity index (χ4v) is 1.23. The Labute approximate surface area is 84.7 Å². The standard InChI is InChI=1S/C7H13IO4/c8-3-1-2-5(9)6(10)4-7(11)12/h5-6,9-10H,1-4H2,(H,11,12). The molecule has 0 aromatic rings. The van der Waals surface area contributed by atoms with Crippen LogP contribution in [0.1, 0.15) is 19.3 Å². The number of halogens is 1. The van der Waals surface area contributed by atoms with Crippen LogP contribution in [0.15, 0.2) is 0 Å². The minimum atomic E-state index is -1.13. The third kappa shape index (κ3) is 5.73. The maximum absolute atomic E-state index is 10.1. The van der Waals surface area contributed by atoms with Gasteiger partial charge in [0.2, 0.25) is 0 Å². The molecule has 0 heterocycles. The van der Waals surface area contributed by atoms with Crippen LogP contribution in [0.4, 0.5) is 0 Å². The number of rotatable bonds is 6. The maximum Gasteiger partial charge on any atom is 0.306 e. The van der Waals surface area contributed by atoms with Gasteiger partial charge in [-0.3, -0.25) is 4.79 Å². The summed E-state index contributed by atoms with van der Waals surface area (Å²) in [5.74, 6) is -1.09. The molecular formula is C7H13IO4. The quantitative estimate of drug-likeness (QED) is 0.488. The summed E-state index contributed by atoms with van der Waals surface area (Å²) < 4.78 is 0.897. The number of aliphatic hydroxyl groups excluding tert-OH is 2. The highest BCUT2D eigenvalue weighted by molar-refractivity contribution is 14.1. The third-order valence-electron chi connectivity index (χ3n) is 1.46. The van der Waals surface area contributed by atoms with Crippen molar-refractivity contribution in [3.8, 4) is 0 Å². The van der Waals surface area contributed by atoms with Gasteiger partial charge in [0, 0.05) is 0 Å². The highest BCUT2D eigenvalue weighted by Crippen LogP contribution is 2.07. The summed E-state index contributed by atoms with van der Waals surface area (Å²) in [7, 11) is 0. The molecule has 4 nitrogen and oxygen atoms in total. The molecule has 0 saturated carbocycles. The largest absolute Gasteiger partial charge is 0.481 e. The fraction of sp³-hybridized carbons (Fsp3) is 0.857. The van der Waals surface area contributed by atoms with Crippen molar-refractivity contribution >= 4 is 28.6 Å². The lowest BCUT2D eigenvalue weighted by Crippen LogP contribution is -2.28. The Hall–Kier alpha value is 0.120. The van der Waals surface area contributed by atoms with Gasteiger partial charge in [-0.15, -0.1) is 0 Å². The minimum Gasteiger partial charge on any atom is -0.481 e. The van der Waals surface area contributed by atoms with Crippen molar-refractivity contribution < 1.29 is 20.1 Å². The Kier molecular flexibility index (Phi) is 6.68. The summed E-state index contributed by atoms with van der Waals surface area (Å²) in [6, 6.07) is 0. The summed E-state index contributed by atoms with van der Waals surface area (Å²) in [6.45, 7) is 0. The number of aliphatic hydroxyl groups is 2. The molecule has 0 aliphatic carbocycles. The molecule has 0 fully saturated rings. The molecule has 0 radical (unpaired) electrons. The van der Waals surface area contributed by atoms with Crippen molar-refractivity contribution in [2.75, 3.05) is 4.43 Å². The van der Waals surface area contributed by atoms with Gasteiger partial charge >= 0.3 is 5.97 Å². The van der Waals surface area contributed by atoms with Gasteiger partial charge in [-0.25, -0.2) is 0 Å². The predicted molar refractivity (Wildman–Crippen MR) is 52.4 cm³/mol. The van der Waals surface area contributed by atoms with E-state index in [1.54, 1.807) is 0 Å². The molecule has 0 aliphatic rings. The van der Waals surface area contributed by atoms with E-state index in [2.05, 4.69) is 22.6 Å². The van der Waals surface area contributed by atoms with Crippen molar-refractivity contribution in [3.05, 3.63) is 0 Å². The van der Waals surface area contributed by atoms with Crippen LogP contribution in [0.25, 0.3) is 0 Å². The number of alkyl halides is 1. The number of aliphatic carboxylic acids is 1. The molecule has 2 atom stereocenters. The van der Waals surface area contributed by atoms with E-state index in [4.69, 9.17) is 10.2 Å². The molecule has 0 amide bonds. The van der Waals surface area contributed by atoms with Crippen LogP contribution in [0, 0.1) is 0 Å². The average molecular weight is 288 g/mol. The lowest BCUT2D eigenvalue weighted by Gasteiger charge is -2.14. The van der Waals surface area contributed by atoms with Gasteiger partial charge in [-0.05, 0) is 17.3 Å². The lowest BCUT2D eigenvalue weighted by atomic mass is 10.1. The summed E-state index contributed by atoms with van der Waals surface area (Å²) in [5, 5.41) is 26.5. The third-order valence-corrected chi connectivity index (χ3v) is 2.22. The summed E-state index contributed by atoms with van der Waals surface area (Å²) in [4.78, 5) is 10.1. The highest BCUT2D eigenvalue weighted by Gasteiger charge is 2.18. The zero-order chi connectivity index (χ0) is 9.56. The average Bonchev–Trinajstić information content (AvgIpc) is 1.98. The molecule has 72 valence electrons. The van der Waals surface area contributed by atoms with Crippen LogP contribution in [0.5, 0.6) is 0 Å². The second kappa shape index (κ2) is 6.62. The first-order valence-electron chi connectivity index (χ1n) is 3.71. The molecular weight excluding hydrogens is 275 g/mol. The SMILES string of the molecule is O=C(O)CC(O)C(O)CCCI. The normalized spacial score (nSPS) is 15.6. The maximum atomic E-state index is 10.1. The van der Waals surface area contributed by atoms with Crippen LogP contribution < -0.4 is 0 Å². The van der Waals surface area contributed by atoms with E-state index in [-0.39, 0.29) is 6.42 Å². The van der Waals surface area contributed by atoms with Crippen molar-refractivity contribution in [1.29, 1.82) is 0 Å². The molecule has 0 bridgehead atoms. The van der Waals surface area contributed by atoms with Gasteiger partial charge in [-0.1, -0.05) is 22.6 Å². The van der Waals surface area contributed by atoms with E-state index < -0.39 is 18.2 Å². The Morgan fingerprint density at radius 1 is 1.33 bits per heavy atom. The Morgan fingerprint density at radius 3 is 2.33 bits per heavy atom. The van der Waals surface area contributed by atoms with E-state index in [0.29, 0.717) is 6.42 Å². The zero-order valence-corrected chi connectivity index (χ0v) is 8.77. The van der Waals surface area contributed by atoms with Gasteiger partial charge in [0.1, 0.15) is 0 Å². The van der Waals surface area contributed by atoms with Crippen LogP contribution in [0.2, 0.25) is 0 Å². The molecule has 5 heteroatoms. The van der Waals surface area contributed by atoms with E-state index in [1.807, 2.05) is 0 Å². The van der Waals surface area contributed by atoms with Crippen molar-refractivity contribution in [2.45, 2.75) is 31.5 Å².